The van der Waals surface area contributed by atoms with Gasteiger partial charge in [-0.15, -0.1) is 11.6 Å². The van der Waals surface area contributed by atoms with Gasteiger partial charge in [-0.1, -0.05) is 19.3 Å². The molecule has 1 fully saturated rings. The van der Waals surface area contributed by atoms with E-state index in [1.807, 2.05) is 0 Å². The van der Waals surface area contributed by atoms with Crippen LogP contribution in [0.5, 0.6) is 0 Å². The molecule has 1 aliphatic carbocycles. The van der Waals surface area contributed by atoms with E-state index >= 15 is 0 Å². The normalized spacial score (nSPS) is 20.3. The van der Waals surface area contributed by atoms with E-state index in [1.165, 1.54) is 38.5 Å². The van der Waals surface area contributed by atoms with E-state index in [4.69, 9.17) is 5.73 Å². The zero-order valence-electron chi connectivity index (χ0n) is 6.07. The first kappa shape index (κ1) is 9.25. The zero-order valence-corrected chi connectivity index (χ0v) is 6.82. The van der Waals surface area contributed by atoms with Crippen molar-refractivity contribution in [3.05, 3.63) is 0 Å². The van der Waals surface area contributed by atoms with Gasteiger partial charge in [-0.3, -0.25) is 0 Å². The maximum atomic E-state index is 5.63. The molecular weight excluding hydrogens is 134 g/mol. The number of nitrogens with two attached hydrogens (primary N) is 1. The fourth-order valence-electron chi connectivity index (χ4n) is 1.13. The fraction of sp³-hybridized carbons (Fsp3) is 1.00. The van der Waals surface area contributed by atoms with Crippen LogP contribution >= 0.6 is 11.6 Å². The molecule has 0 spiro atoms. The second kappa shape index (κ2) is 6.37. The summed E-state index contributed by atoms with van der Waals surface area (Å²) in [6.07, 6.45) is 8.13. The summed E-state index contributed by atoms with van der Waals surface area (Å²) in [5.74, 6) is 0. The predicted octanol–water partition coefficient (Wildman–Crippen LogP) is 2.13. The van der Waals surface area contributed by atoms with Crippen LogP contribution in [0.2, 0.25) is 0 Å². The molecule has 1 aliphatic rings. The highest BCUT2D eigenvalue weighted by molar-refractivity contribution is 6.15. The number of hydrogen-bond donors (Lipinski definition) is 1. The summed E-state index contributed by atoms with van der Waals surface area (Å²) in [5, 5.41) is 0. The summed E-state index contributed by atoms with van der Waals surface area (Å²) in [7, 11) is 0. The Morgan fingerprint density at radius 3 is 1.78 bits per heavy atom. The molecular formula is C7H16ClN. The molecule has 2 heteroatoms. The van der Waals surface area contributed by atoms with Gasteiger partial charge in [0, 0.05) is 12.4 Å². The van der Waals surface area contributed by atoms with Crippen LogP contribution in [-0.2, 0) is 0 Å². The minimum absolute atomic E-state index is 0.536. The molecule has 0 atom stereocenters. The van der Waals surface area contributed by atoms with Gasteiger partial charge in [0.25, 0.3) is 0 Å². The molecule has 1 nitrogen and oxygen atoms in total. The molecule has 0 aromatic heterocycles. The summed E-state index contributed by atoms with van der Waals surface area (Å²) in [6.45, 7) is 0. The molecule has 0 heterocycles. The average Bonchev–Trinajstić information content (AvgIpc) is 1.94. The van der Waals surface area contributed by atoms with Crippen LogP contribution in [0, 0.1) is 0 Å². The first-order valence-corrected chi connectivity index (χ1v) is 4.28. The number of rotatable bonds is 0. The highest BCUT2D eigenvalue weighted by Gasteiger charge is 2.06. The topological polar surface area (TPSA) is 26.0 Å². The van der Waals surface area contributed by atoms with Crippen molar-refractivity contribution in [2.75, 3.05) is 6.38 Å². The molecule has 0 aliphatic heterocycles. The van der Waals surface area contributed by atoms with E-state index < -0.39 is 0 Å². The fourth-order valence-corrected chi connectivity index (χ4v) is 1.13. The highest BCUT2D eigenvalue weighted by atomic mass is 35.5. The average molecular weight is 150 g/mol. The number of hydrogen-bond acceptors (Lipinski definition) is 1. The van der Waals surface area contributed by atoms with Crippen molar-refractivity contribution >= 4 is 11.6 Å². The lowest BCUT2D eigenvalue weighted by Crippen LogP contribution is -2.22. The Labute approximate surface area is 62.6 Å². The Morgan fingerprint density at radius 2 is 1.56 bits per heavy atom. The molecule has 0 unspecified atom stereocenters. The summed E-state index contributed by atoms with van der Waals surface area (Å²) in [5.41, 5.74) is 5.63. The first-order valence-electron chi connectivity index (χ1n) is 3.53. The van der Waals surface area contributed by atoms with Crippen molar-refractivity contribution in [1.82, 2.24) is 0 Å². The van der Waals surface area contributed by atoms with Crippen LogP contribution in [0.25, 0.3) is 0 Å². The monoisotopic (exact) mass is 149 g/mol. The van der Waals surface area contributed by atoms with E-state index in [0.29, 0.717) is 6.04 Å². The van der Waals surface area contributed by atoms with E-state index in [9.17, 15) is 0 Å². The third-order valence-electron chi connectivity index (χ3n) is 1.65. The molecule has 1 rings (SSSR count). The van der Waals surface area contributed by atoms with Gasteiger partial charge in [-0.25, -0.2) is 0 Å². The molecule has 56 valence electrons. The van der Waals surface area contributed by atoms with Gasteiger partial charge in [0.15, 0.2) is 0 Å². The lowest BCUT2D eigenvalue weighted by Gasteiger charge is -2.15. The predicted molar refractivity (Wildman–Crippen MR) is 42.8 cm³/mol. The molecule has 1 saturated carbocycles. The smallest absolute Gasteiger partial charge is 0.0108 e. The van der Waals surface area contributed by atoms with Crippen molar-refractivity contribution in [3.8, 4) is 0 Å². The minimum Gasteiger partial charge on any atom is -0.328 e. The van der Waals surface area contributed by atoms with Crippen molar-refractivity contribution in [2.45, 2.75) is 38.1 Å². The largest absolute Gasteiger partial charge is 0.328 e. The lowest BCUT2D eigenvalue weighted by molar-refractivity contribution is 0.441. The SMILES string of the molecule is CCl.NC1CCCCC1. The van der Waals surface area contributed by atoms with Gasteiger partial charge >= 0.3 is 0 Å². The van der Waals surface area contributed by atoms with E-state index in [1.54, 1.807) is 0 Å². The van der Waals surface area contributed by atoms with E-state index in [2.05, 4.69) is 11.6 Å². The molecule has 0 bridgehead atoms. The van der Waals surface area contributed by atoms with Crippen LogP contribution in [0.3, 0.4) is 0 Å². The van der Waals surface area contributed by atoms with Crippen molar-refractivity contribution < 1.29 is 0 Å². The Kier molecular flexibility index (Phi) is 6.55. The molecule has 9 heavy (non-hydrogen) atoms. The van der Waals surface area contributed by atoms with Crippen LogP contribution in [0.1, 0.15) is 32.1 Å². The standard InChI is InChI=1S/C6H13N.CH3Cl/c7-6-4-2-1-3-5-6;1-2/h6H,1-5,7H2;1H3. The summed E-state index contributed by atoms with van der Waals surface area (Å²) in [4.78, 5) is 0. The van der Waals surface area contributed by atoms with Gasteiger partial charge in [-0.05, 0) is 12.8 Å². The third-order valence-corrected chi connectivity index (χ3v) is 1.65. The Bertz CT molecular complexity index is 50.9. The maximum absolute atomic E-state index is 5.63. The molecule has 2 N–H and O–H groups in total. The van der Waals surface area contributed by atoms with Gasteiger partial charge in [-0.2, -0.15) is 0 Å². The molecule has 0 radical (unpaired) electrons. The van der Waals surface area contributed by atoms with Crippen molar-refractivity contribution in [3.63, 3.8) is 0 Å². The number of halogens is 1. The quantitative estimate of drug-likeness (QED) is 0.525. The Hall–Kier alpha value is 0.250. The third kappa shape index (κ3) is 4.73. The van der Waals surface area contributed by atoms with Crippen molar-refractivity contribution in [1.29, 1.82) is 0 Å². The Balaban J connectivity index is 0.000000291. The van der Waals surface area contributed by atoms with Gasteiger partial charge in [0.05, 0.1) is 0 Å². The summed E-state index contributed by atoms with van der Waals surface area (Å²) in [6, 6.07) is 0.536. The zero-order chi connectivity index (χ0) is 7.11. The summed E-state index contributed by atoms with van der Waals surface area (Å²) >= 11 is 4.64. The van der Waals surface area contributed by atoms with Crippen molar-refractivity contribution in [2.24, 2.45) is 5.73 Å². The highest BCUT2D eigenvalue weighted by Crippen LogP contribution is 2.14. The minimum atomic E-state index is 0.536. The maximum Gasteiger partial charge on any atom is 0.0108 e. The molecule has 0 amide bonds. The lowest BCUT2D eigenvalue weighted by atomic mass is 9.97. The van der Waals surface area contributed by atoms with Gasteiger partial charge < -0.3 is 5.73 Å². The van der Waals surface area contributed by atoms with Gasteiger partial charge in [0.1, 0.15) is 0 Å². The van der Waals surface area contributed by atoms with E-state index in [0.717, 1.165) is 0 Å². The first-order chi connectivity index (χ1) is 4.39. The Morgan fingerprint density at radius 1 is 1.11 bits per heavy atom. The van der Waals surface area contributed by atoms with Crippen LogP contribution < -0.4 is 5.73 Å². The van der Waals surface area contributed by atoms with E-state index in [-0.39, 0.29) is 0 Å². The molecule has 0 aromatic carbocycles. The second-order valence-corrected chi connectivity index (χ2v) is 2.40. The summed E-state index contributed by atoms with van der Waals surface area (Å²) < 4.78 is 0. The number of alkyl halides is 1. The molecule has 0 saturated heterocycles. The second-order valence-electron chi connectivity index (χ2n) is 2.40. The van der Waals surface area contributed by atoms with Crippen LogP contribution in [0.4, 0.5) is 0 Å². The van der Waals surface area contributed by atoms with Crippen LogP contribution in [-0.4, -0.2) is 12.4 Å². The van der Waals surface area contributed by atoms with Crippen LogP contribution in [0.15, 0.2) is 0 Å². The van der Waals surface area contributed by atoms with Gasteiger partial charge in [0.2, 0.25) is 0 Å². The molecule has 0 aromatic rings.